The van der Waals surface area contributed by atoms with Gasteiger partial charge in [-0.2, -0.15) is 0 Å². The highest BCUT2D eigenvalue weighted by Gasteiger charge is 2.40. The fraction of sp³-hybridized carbons (Fsp3) is 0.625. The number of nitrogens with one attached hydrogen (secondary N) is 1. The largest absolute Gasteiger partial charge is 0.315 e. The summed E-state index contributed by atoms with van der Waals surface area (Å²) in [5.74, 6) is 0. The molecule has 1 aromatic rings. The first kappa shape index (κ1) is 13.1. The third kappa shape index (κ3) is 2.83. The molecule has 1 N–H and O–H groups in total. The molecule has 0 saturated carbocycles. The Labute approximate surface area is 116 Å². The van der Waals surface area contributed by atoms with Crippen LogP contribution in [0.1, 0.15) is 12.0 Å². The van der Waals surface area contributed by atoms with Crippen molar-refractivity contribution in [2.24, 2.45) is 0 Å². The van der Waals surface area contributed by atoms with Gasteiger partial charge in [0.1, 0.15) is 0 Å². The molecule has 0 bridgehead atoms. The summed E-state index contributed by atoms with van der Waals surface area (Å²) in [6, 6.07) is 11.0. The van der Waals surface area contributed by atoms with Gasteiger partial charge in [0.25, 0.3) is 0 Å². The molecule has 0 aliphatic carbocycles. The second kappa shape index (κ2) is 5.61. The van der Waals surface area contributed by atoms with Crippen LogP contribution in [0, 0.1) is 0 Å². The Balaban J connectivity index is 1.75. The van der Waals surface area contributed by atoms with Crippen molar-refractivity contribution >= 4 is 0 Å². The van der Waals surface area contributed by atoms with Crippen molar-refractivity contribution in [2.45, 2.75) is 18.4 Å². The summed E-state index contributed by atoms with van der Waals surface area (Å²) >= 11 is 0. The summed E-state index contributed by atoms with van der Waals surface area (Å²) in [5, 5.41) is 3.59. The Hall–Kier alpha value is -0.900. The van der Waals surface area contributed by atoms with Crippen molar-refractivity contribution in [3.05, 3.63) is 35.9 Å². The number of nitrogens with zero attached hydrogens (tertiary/aromatic N) is 2. The zero-order chi connectivity index (χ0) is 13.1. The Morgan fingerprint density at radius 1 is 1.11 bits per heavy atom. The molecule has 104 valence electrons. The van der Waals surface area contributed by atoms with Crippen LogP contribution in [0.15, 0.2) is 30.3 Å². The first-order chi connectivity index (χ1) is 9.28. The molecule has 2 aliphatic heterocycles. The number of likely N-dealkylation sites (N-methyl/N-ethyl adjacent to an activating group) is 1. The topological polar surface area (TPSA) is 18.5 Å². The number of hydrogen-bond acceptors (Lipinski definition) is 3. The van der Waals surface area contributed by atoms with Crippen LogP contribution in [0.3, 0.4) is 0 Å². The van der Waals surface area contributed by atoms with Gasteiger partial charge in [-0.1, -0.05) is 30.3 Å². The highest BCUT2D eigenvalue weighted by molar-refractivity contribution is 5.19. The van der Waals surface area contributed by atoms with Crippen molar-refractivity contribution in [1.82, 2.24) is 15.1 Å². The average molecular weight is 259 g/mol. The summed E-state index contributed by atoms with van der Waals surface area (Å²) in [6.07, 6.45) is 2.47. The van der Waals surface area contributed by atoms with Gasteiger partial charge >= 0.3 is 0 Å². The summed E-state index contributed by atoms with van der Waals surface area (Å²) in [4.78, 5) is 5.18. The summed E-state index contributed by atoms with van der Waals surface area (Å²) < 4.78 is 0. The molecule has 0 amide bonds. The van der Waals surface area contributed by atoms with E-state index in [2.05, 4.69) is 52.5 Å². The second-order valence-electron chi connectivity index (χ2n) is 6.10. The Bertz CT molecular complexity index is 390. The fourth-order valence-corrected chi connectivity index (χ4v) is 3.52. The van der Waals surface area contributed by atoms with Crippen LogP contribution in [0.4, 0.5) is 0 Å². The van der Waals surface area contributed by atoms with Gasteiger partial charge in [-0.25, -0.2) is 0 Å². The van der Waals surface area contributed by atoms with Crippen LogP contribution in [0.2, 0.25) is 0 Å². The maximum absolute atomic E-state index is 3.59. The van der Waals surface area contributed by atoms with E-state index < -0.39 is 0 Å². The monoisotopic (exact) mass is 259 g/mol. The molecule has 2 heterocycles. The van der Waals surface area contributed by atoms with E-state index in [9.17, 15) is 0 Å². The van der Waals surface area contributed by atoms with Crippen LogP contribution >= 0.6 is 0 Å². The quantitative estimate of drug-likeness (QED) is 0.880. The first-order valence-corrected chi connectivity index (χ1v) is 7.47. The molecular formula is C16H25N3. The number of hydrogen-bond donors (Lipinski definition) is 1. The minimum Gasteiger partial charge on any atom is -0.315 e. The zero-order valence-corrected chi connectivity index (χ0v) is 11.9. The van der Waals surface area contributed by atoms with Gasteiger partial charge in [-0.3, -0.25) is 4.90 Å². The zero-order valence-electron chi connectivity index (χ0n) is 11.9. The number of rotatable bonds is 3. The van der Waals surface area contributed by atoms with Crippen LogP contribution in [-0.4, -0.2) is 61.7 Å². The lowest BCUT2D eigenvalue weighted by molar-refractivity contribution is 0.0513. The maximum atomic E-state index is 3.59. The Morgan fingerprint density at radius 3 is 2.47 bits per heavy atom. The summed E-state index contributed by atoms with van der Waals surface area (Å²) in [7, 11) is 2.23. The smallest absolute Gasteiger partial charge is 0.0387 e. The van der Waals surface area contributed by atoms with E-state index in [1.807, 2.05) is 0 Å². The number of piperazine rings is 1. The van der Waals surface area contributed by atoms with Crippen LogP contribution in [0.25, 0.3) is 0 Å². The molecule has 1 unspecified atom stereocenters. The normalized spacial score (nSPS) is 29.7. The van der Waals surface area contributed by atoms with E-state index in [4.69, 9.17) is 0 Å². The van der Waals surface area contributed by atoms with E-state index in [1.165, 1.54) is 51.1 Å². The highest BCUT2D eigenvalue weighted by Crippen LogP contribution is 2.28. The summed E-state index contributed by atoms with van der Waals surface area (Å²) in [6.45, 7) is 7.15. The van der Waals surface area contributed by atoms with Crippen molar-refractivity contribution in [1.29, 1.82) is 0 Å². The van der Waals surface area contributed by atoms with E-state index in [-0.39, 0.29) is 0 Å². The van der Waals surface area contributed by atoms with Gasteiger partial charge in [-0.15, -0.1) is 0 Å². The predicted molar refractivity (Wildman–Crippen MR) is 79.4 cm³/mol. The second-order valence-corrected chi connectivity index (χ2v) is 6.10. The predicted octanol–water partition coefficient (Wildman–Crippen LogP) is 1.21. The molecule has 19 heavy (non-hydrogen) atoms. The van der Waals surface area contributed by atoms with Gasteiger partial charge in [0.15, 0.2) is 0 Å². The minimum atomic E-state index is 0.350. The van der Waals surface area contributed by atoms with Crippen LogP contribution in [-0.2, 0) is 6.42 Å². The molecule has 2 saturated heterocycles. The van der Waals surface area contributed by atoms with Gasteiger partial charge < -0.3 is 10.2 Å². The summed E-state index contributed by atoms with van der Waals surface area (Å²) in [5.41, 5.74) is 1.83. The average Bonchev–Trinajstić information content (AvgIpc) is 2.90. The van der Waals surface area contributed by atoms with E-state index in [0.717, 1.165) is 6.54 Å². The van der Waals surface area contributed by atoms with Crippen LogP contribution in [0.5, 0.6) is 0 Å². The lowest BCUT2D eigenvalue weighted by Crippen LogP contribution is -2.58. The van der Waals surface area contributed by atoms with Crippen molar-refractivity contribution in [3.63, 3.8) is 0 Å². The van der Waals surface area contributed by atoms with Crippen LogP contribution < -0.4 is 5.32 Å². The number of benzene rings is 1. The first-order valence-electron chi connectivity index (χ1n) is 7.47. The molecule has 2 fully saturated rings. The van der Waals surface area contributed by atoms with Gasteiger partial charge in [-0.05, 0) is 32.0 Å². The molecule has 0 radical (unpaired) electrons. The van der Waals surface area contributed by atoms with Crippen molar-refractivity contribution in [2.75, 3.05) is 46.3 Å². The molecule has 1 atom stereocenters. The minimum absolute atomic E-state index is 0.350. The standard InChI is InChI=1S/C16H25N3/c1-18-9-11-19(12-10-18)16(7-8-17-14-16)13-15-5-3-2-4-6-15/h2-6,17H,7-14H2,1H3. The SMILES string of the molecule is CN1CCN(C2(Cc3ccccc3)CCNC2)CC1. The highest BCUT2D eigenvalue weighted by atomic mass is 15.3. The Kier molecular flexibility index (Phi) is 3.87. The van der Waals surface area contributed by atoms with Crippen molar-refractivity contribution < 1.29 is 0 Å². The molecule has 3 nitrogen and oxygen atoms in total. The van der Waals surface area contributed by atoms with E-state index >= 15 is 0 Å². The molecule has 2 aliphatic rings. The molecule has 1 aromatic carbocycles. The fourth-order valence-electron chi connectivity index (χ4n) is 3.52. The van der Waals surface area contributed by atoms with Gasteiger partial charge in [0, 0.05) is 38.3 Å². The molecule has 0 aromatic heterocycles. The molecular weight excluding hydrogens is 234 g/mol. The Morgan fingerprint density at radius 2 is 1.84 bits per heavy atom. The lowest BCUT2D eigenvalue weighted by Gasteiger charge is -2.45. The third-order valence-electron chi connectivity index (χ3n) is 4.77. The lowest BCUT2D eigenvalue weighted by atomic mass is 9.87. The molecule has 0 spiro atoms. The molecule has 3 heteroatoms. The van der Waals surface area contributed by atoms with E-state index in [0.29, 0.717) is 5.54 Å². The van der Waals surface area contributed by atoms with Gasteiger partial charge in [0.2, 0.25) is 0 Å². The van der Waals surface area contributed by atoms with Crippen molar-refractivity contribution in [3.8, 4) is 0 Å². The maximum Gasteiger partial charge on any atom is 0.0387 e. The molecule has 3 rings (SSSR count). The van der Waals surface area contributed by atoms with Gasteiger partial charge in [0.05, 0.1) is 0 Å². The third-order valence-corrected chi connectivity index (χ3v) is 4.77. The van der Waals surface area contributed by atoms with E-state index in [1.54, 1.807) is 0 Å².